The number of carbonyl (C=O) groups is 2. The monoisotopic (exact) mass is 473 g/mol. The first-order valence-electron chi connectivity index (χ1n) is 13.5. The molecule has 0 radical (unpaired) electrons. The standard InChI is InChI=1S/C30H35NO4/c32-29(20-9-3-1-2-4-10-20)21-15-22-17-34-18-23(16-21)31(22)30(33)35-19-28-26-13-7-5-11-24(26)25-12-6-8-14-27(25)28/h5-8,11-14,20-23,28H,1-4,9-10,15-19H2. The molecular weight excluding hydrogens is 438 g/mol. The van der Waals surface area contributed by atoms with E-state index in [1.165, 1.54) is 47.9 Å². The fraction of sp³-hybridized carbons (Fsp3) is 0.533. The number of ketones is 1. The number of ether oxygens (including phenoxy) is 2. The number of morpholine rings is 1. The second-order valence-corrected chi connectivity index (χ2v) is 10.8. The van der Waals surface area contributed by atoms with Gasteiger partial charge < -0.3 is 9.47 Å². The SMILES string of the molecule is O=C(C1CCCCCC1)C1CC2COCC(C1)N2C(=O)OCC1c2ccccc2-c2ccccc21. The van der Waals surface area contributed by atoms with Gasteiger partial charge in [-0.15, -0.1) is 0 Å². The number of fused-ring (bicyclic) bond motifs is 5. The Balaban J connectivity index is 1.14. The third kappa shape index (κ3) is 4.29. The van der Waals surface area contributed by atoms with Crippen molar-refractivity contribution in [2.75, 3.05) is 19.8 Å². The van der Waals surface area contributed by atoms with Gasteiger partial charge in [0.2, 0.25) is 0 Å². The average molecular weight is 474 g/mol. The molecule has 2 heterocycles. The first-order valence-corrected chi connectivity index (χ1v) is 13.5. The lowest BCUT2D eigenvalue weighted by Crippen LogP contribution is -2.60. The maximum absolute atomic E-state index is 13.4. The summed E-state index contributed by atoms with van der Waals surface area (Å²) >= 11 is 0. The van der Waals surface area contributed by atoms with Gasteiger partial charge in [0.25, 0.3) is 0 Å². The van der Waals surface area contributed by atoms with Gasteiger partial charge in [0.1, 0.15) is 12.4 Å². The number of hydrogen-bond donors (Lipinski definition) is 0. The second kappa shape index (κ2) is 9.77. The number of amides is 1. The van der Waals surface area contributed by atoms with Crippen LogP contribution in [0.4, 0.5) is 4.79 Å². The Morgan fingerprint density at radius 1 is 0.800 bits per heavy atom. The highest BCUT2D eigenvalue weighted by molar-refractivity contribution is 5.84. The van der Waals surface area contributed by atoms with Gasteiger partial charge in [0.15, 0.2) is 0 Å². The van der Waals surface area contributed by atoms with Crippen LogP contribution in [0.3, 0.4) is 0 Å². The normalized spacial score (nSPS) is 26.5. The van der Waals surface area contributed by atoms with Crippen molar-refractivity contribution in [2.45, 2.75) is 69.4 Å². The third-order valence-electron chi connectivity index (χ3n) is 8.73. The summed E-state index contributed by atoms with van der Waals surface area (Å²) < 4.78 is 11.8. The molecule has 5 nitrogen and oxygen atoms in total. The van der Waals surface area contributed by atoms with E-state index in [0.29, 0.717) is 38.4 Å². The van der Waals surface area contributed by atoms with E-state index < -0.39 is 0 Å². The van der Waals surface area contributed by atoms with Crippen molar-refractivity contribution in [2.24, 2.45) is 11.8 Å². The summed E-state index contributed by atoms with van der Waals surface area (Å²) in [7, 11) is 0. The van der Waals surface area contributed by atoms with Crippen LogP contribution in [0.1, 0.15) is 68.4 Å². The van der Waals surface area contributed by atoms with E-state index in [1.54, 1.807) is 0 Å². The van der Waals surface area contributed by atoms with E-state index in [-0.39, 0.29) is 35.9 Å². The minimum absolute atomic E-state index is 0.0506. The third-order valence-corrected chi connectivity index (χ3v) is 8.73. The molecule has 2 aromatic rings. The fourth-order valence-corrected chi connectivity index (χ4v) is 7.01. The van der Waals surface area contributed by atoms with E-state index in [0.717, 1.165) is 12.8 Å². The summed E-state index contributed by atoms with van der Waals surface area (Å²) in [6.07, 6.45) is 8.08. The maximum atomic E-state index is 13.4. The summed E-state index contributed by atoms with van der Waals surface area (Å²) in [5.41, 5.74) is 4.90. The molecule has 0 spiro atoms. The highest BCUT2D eigenvalue weighted by Gasteiger charge is 2.45. The number of rotatable bonds is 4. The van der Waals surface area contributed by atoms with Crippen molar-refractivity contribution >= 4 is 11.9 Å². The van der Waals surface area contributed by atoms with Crippen LogP contribution in [0.25, 0.3) is 11.1 Å². The average Bonchev–Trinajstić information content (AvgIpc) is 3.01. The lowest BCUT2D eigenvalue weighted by atomic mass is 9.77. The molecule has 35 heavy (non-hydrogen) atoms. The number of hydrogen-bond acceptors (Lipinski definition) is 4. The quantitative estimate of drug-likeness (QED) is 0.515. The molecule has 2 aliphatic carbocycles. The van der Waals surface area contributed by atoms with Gasteiger partial charge >= 0.3 is 6.09 Å². The van der Waals surface area contributed by atoms with Gasteiger partial charge in [0.05, 0.1) is 25.3 Å². The molecule has 1 amide bonds. The zero-order valence-corrected chi connectivity index (χ0v) is 20.4. The number of Topliss-reactive ketones (excluding diaryl/α,β-unsaturated/α-hetero) is 1. The van der Waals surface area contributed by atoms with Gasteiger partial charge in [-0.05, 0) is 47.9 Å². The largest absolute Gasteiger partial charge is 0.448 e. The topological polar surface area (TPSA) is 55.8 Å². The lowest BCUT2D eigenvalue weighted by molar-refractivity contribution is -0.135. The molecule has 2 saturated heterocycles. The van der Waals surface area contributed by atoms with Gasteiger partial charge in [-0.25, -0.2) is 4.79 Å². The molecule has 2 atom stereocenters. The molecule has 0 aromatic heterocycles. The van der Waals surface area contributed by atoms with Crippen molar-refractivity contribution in [3.8, 4) is 11.1 Å². The molecule has 2 aromatic carbocycles. The molecule has 2 unspecified atom stereocenters. The van der Waals surface area contributed by atoms with Crippen molar-refractivity contribution in [1.82, 2.24) is 4.90 Å². The predicted octanol–water partition coefficient (Wildman–Crippen LogP) is 5.95. The first-order chi connectivity index (χ1) is 17.2. The van der Waals surface area contributed by atoms with Crippen molar-refractivity contribution in [3.63, 3.8) is 0 Å². The van der Waals surface area contributed by atoms with E-state index in [2.05, 4.69) is 48.5 Å². The van der Waals surface area contributed by atoms with Gasteiger partial charge in [-0.3, -0.25) is 9.69 Å². The molecule has 6 rings (SSSR count). The Hall–Kier alpha value is -2.66. The van der Waals surface area contributed by atoms with E-state index in [9.17, 15) is 9.59 Å². The molecule has 1 saturated carbocycles. The molecule has 2 aliphatic heterocycles. The van der Waals surface area contributed by atoms with Crippen LogP contribution in [0.15, 0.2) is 48.5 Å². The molecule has 3 fully saturated rings. The number of piperidine rings is 1. The fourth-order valence-electron chi connectivity index (χ4n) is 7.01. The van der Waals surface area contributed by atoms with Gasteiger partial charge in [-0.2, -0.15) is 0 Å². The van der Waals surface area contributed by atoms with Crippen molar-refractivity contribution in [3.05, 3.63) is 59.7 Å². The van der Waals surface area contributed by atoms with E-state index in [4.69, 9.17) is 9.47 Å². The minimum Gasteiger partial charge on any atom is -0.448 e. The van der Waals surface area contributed by atoms with Crippen LogP contribution in [-0.2, 0) is 14.3 Å². The molecule has 0 N–H and O–H groups in total. The summed E-state index contributed by atoms with van der Waals surface area (Å²) in [4.78, 5) is 28.6. The van der Waals surface area contributed by atoms with Crippen LogP contribution in [0, 0.1) is 11.8 Å². The lowest BCUT2D eigenvalue weighted by Gasteiger charge is -2.47. The summed E-state index contributed by atoms with van der Waals surface area (Å²) in [6.45, 7) is 1.32. The summed E-state index contributed by atoms with van der Waals surface area (Å²) in [5, 5.41) is 0. The molecule has 184 valence electrons. The van der Waals surface area contributed by atoms with E-state index in [1.807, 2.05) is 4.90 Å². The minimum atomic E-state index is -0.259. The Labute approximate surface area is 207 Å². The van der Waals surface area contributed by atoms with E-state index >= 15 is 0 Å². The number of nitrogens with zero attached hydrogens (tertiary/aromatic N) is 1. The number of carbonyl (C=O) groups excluding carboxylic acids is 2. The van der Waals surface area contributed by atoms with Gasteiger partial charge in [-0.1, -0.05) is 74.2 Å². The Morgan fingerprint density at radius 3 is 1.97 bits per heavy atom. The summed E-state index contributed by atoms with van der Waals surface area (Å²) in [5.74, 6) is 0.757. The van der Waals surface area contributed by atoms with Crippen LogP contribution < -0.4 is 0 Å². The zero-order chi connectivity index (χ0) is 23.8. The second-order valence-electron chi connectivity index (χ2n) is 10.8. The number of benzene rings is 2. The van der Waals surface area contributed by atoms with Crippen LogP contribution in [0.2, 0.25) is 0 Å². The Morgan fingerprint density at radius 2 is 1.37 bits per heavy atom. The van der Waals surface area contributed by atoms with Crippen LogP contribution >= 0.6 is 0 Å². The zero-order valence-electron chi connectivity index (χ0n) is 20.4. The van der Waals surface area contributed by atoms with Crippen LogP contribution in [-0.4, -0.2) is 48.7 Å². The highest BCUT2D eigenvalue weighted by atomic mass is 16.6. The summed E-state index contributed by atoms with van der Waals surface area (Å²) in [6, 6.07) is 16.7. The Bertz CT molecular complexity index is 1030. The van der Waals surface area contributed by atoms with Crippen molar-refractivity contribution in [1.29, 1.82) is 0 Å². The van der Waals surface area contributed by atoms with Gasteiger partial charge in [0, 0.05) is 17.8 Å². The molecule has 4 aliphatic rings. The smallest absolute Gasteiger partial charge is 0.410 e. The predicted molar refractivity (Wildman–Crippen MR) is 134 cm³/mol. The Kier molecular flexibility index (Phi) is 6.36. The first kappa shape index (κ1) is 22.8. The van der Waals surface area contributed by atoms with Crippen molar-refractivity contribution < 1.29 is 19.1 Å². The highest BCUT2D eigenvalue weighted by Crippen LogP contribution is 2.45. The molecule has 2 bridgehead atoms. The maximum Gasteiger partial charge on any atom is 0.410 e. The molecular formula is C30H35NO4. The van der Waals surface area contributed by atoms with Crippen LogP contribution in [0.5, 0.6) is 0 Å². The molecule has 5 heteroatoms.